The Labute approximate surface area is 103 Å². The van der Waals surface area contributed by atoms with E-state index in [1.165, 1.54) is 17.8 Å². The lowest BCUT2D eigenvalue weighted by molar-refractivity contribution is 0.983. The van der Waals surface area contributed by atoms with Gasteiger partial charge in [0.15, 0.2) is 5.16 Å². The number of hydrogen-bond donors (Lipinski definition) is 3. The molecule has 0 bridgehead atoms. The summed E-state index contributed by atoms with van der Waals surface area (Å²) in [6.45, 7) is 1.98. The van der Waals surface area contributed by atoms with Gasteiger partial charge in [-0.1, -0.05) is 12.1 Å². The van der Waals surface area contributed by atoms with E-state index in [0.717, 1.165) is 10.5 Å². The van der Waals surface area contributed by atoms with Crippen LogP contribution in [0.4, 0.5) is 17.3 Å². The van der Waals surface area contributed by atoms with Crippen LogP contribution in [0.15, 0.2) is 34.3 Å². The molecule has 0 fully saturated rings. The molecule has 2 aromatic rings. The number of nitrogens with zero attached hydrogens (tertiary/aromatic N) is 2. The third kappa shape index (κ3) is 2.59. The Morgan fingerprint density at radius 2 is 1.71 bits per heavy atom. The zero-order chi connectivity index (χ0) is 12.4. The third-order valence-corrected chi connectivity index (χ3v) is 3.31. The van der Waals surface area contributed by atoms with E-state index in [-0.39, 0.29) is 0 Å². The summed E-state index contributed by atoms with van der Waals surface area (Å²) in [5.74, 6) is 0.708. The molecule has 0 spiro atoms. The van der Waals surface area contributed by atoms with E-state index < -0.39 is 0 Å². The molecule has 17 heavy (non-hydrogen) atoms. The highest BCUT2D eigenvalue weighted by molar-refractivity contribution is 7.99. The van der Waals surface area contributed by atoms with Gasteiger partial charge in [0.1, 0.15) is 11.6 Å². The van der Waals surface area contributed by atoms with Gasteiger partial charge >= 0.3 is 0 Å². The minimum atomic E-state index is 0.354. The molecule has 0 radical (unpaired) electrons. The molecule has 6 heteroatoms. The van der Waals surface area contributed by atoms with Crippen molar-refractivity contribution in [1.29, 1.82) is 0 Å². The van der Waals surface area contributed by atoms with Crippen molar-refractivity contribution < 1.29 is 0 Å². The second-order valence-electron chi connectivity index (χ2n) is 3.60. The summed E-state index contributed by atoms with van der Waals surface area (Å²) in [4.78, 5) is 9.14. The lowest BCUT2D eigenvalue weighted by Crippen LogP contribution is -2.00. The molecule has 0 aliphatic carbocycles. The molecule has 6 N–H and O–H groups in total. The van der Waals surface area contributed by atoms with E-state index in [9.17, 15) is 0 Å². The van der Waals surface area contributed by atoms with Crippen molar-refractivity contribution in [3.05, 3.63) is 29.8 Å². The topological polar surface area (TPSA) is 104 Å². The van der Waals surface area contributed by atoms with Gasteiger partial charge in [-0.3, -0.25) is 0 Å². The van der Waals surface area contributed by atoms with Crippen molar-refractivity contribution >= 4 is 29.1 Å². The van der Waals surface area contributed by atoms with E-state index in [4.69, 9.17) is 17.2 Å². The molecule has 0 unspecified atom stereocenters. The van der Waals surface area contributed by atoms with Gasteiger partial charge in [0.05, 0.1) is 0 Å². The molecule has 0 atom stereocenters. The van der Waals surface area contributed by atoms with Crippen LogP contribution in [0.2, 0.25) is 0 Å². The Morgan fingerprint density at radius 1 is 1.06 bits per heavy atom. The number of aromatic nitrogens is 2. The maximum atomic E-state index is 5.91. The minimum absolute atomic E-state index is 0.354. The predicted octanol–water partition coefficient (Wildman–Crippen LogP) is 1.68. The summed E-state index contributed by atoms with van der Waals surface area (Å²) in [7, 11) is 0. The molecule has 1 aromatic carbocycles. The van der Waals surface area contributed by atoms with Crippen molar-refractivity contribution in [2.24, 2.45) is 0 Å². The number of rotatable bonds is 2. The number of benzene rings is 1. The van der Waals surface area contributed by atoms with Crippen molar-refractivity contribution in [1.82, 2.24) is 9.97 Å². The minimum Gasteiger partial charge on any atom is -0.398 e. The Hall–Kier alpha value is -1.95. The summed E-state index contributed by atoms with van der Waals surface area (Å²) in [5, 5.41) is 0.503. The molecular weight excluding hydrogens is 234 g/mol. The standard InChI is InChI=1S/C11H13N5S/c1-6-3-2-4-7(12)10(6)17-11-15-8(13)5-9(14)16-11/h2-5H,12H2,1H3,(H4,13,14,15,16). The summed E-state index contributed by atoms with van der Waals surface area (Å²) in [6.07, 6.45) is 0. The number of nitrogen functional groups attached to an aromatic ring is 3. The Balaban J connectivity index is 2.38. The van der Waals surface area contributed by atoms with Crippen LogP contribution in [-0.2, 0) is 0 Å². The number of aryl methyl sites for hydroxylation is 1. The van der Waals surface area contributed by atoms with E-state index in [1.54, 1.807) is 0 Å². The second kappa shape index (κ2) is 4.50. The van der Waals surface area contributed by atoms with E-state index in [0.29, 0.717) is 22.5 Å². The number of nitrogens with two attached hydrogens (primary N) is 3. The second-order valence-corrected chi connectivity index (χ2v) is 4.57. The highest BCUT2D eigenvalue weighted by Crippen LogP contribution is 2.33. The zero-order valence-electron chi connectivity index (χ0n) is 9.34. The van der Waals surface area contributed by atoms with Crippen molar-refractivity contribution in [3.8, 4) is 0 Å². The van der Waals surface area contributed by atoms with E-state index in [1.807, 2.05) is 25.1 Å². The fourth-order valence-electron chi connectivity index (χ4n) is 1.41. The molecule has 1 aromatic heterocycles. The molecule has 5 nitrogen and oxygen atoms in total. The van der Waals surface area contributed by atoms with Crippen LogP contribution in [-0.4, -0.2) is 9.97 Å². The quantitative estimate of drug-likeness (QED) is 0.551. The van der Waals surface area contributed by atoms with Gasteiger partial charge in [-0.2, -0.15) is 0 Å². The zero-order valence-corrected chi connectivity index (χ0v) is 10.2. The lowest BCUT2D eigenvalue weighted by atomic mass is 10.2. The van der Waals surface area contributed by atoms with Gasteiger partial charge in [-0.25, -0.2) is 9.97 Å². The maximum absolute atomic E-state index is 5.91. The van der Waals surface area contributed by atoms with Gasteiger partial charge in [-0.15, -0.1) is 0 Å². The van der Waals surface area contributed by atoms with E-state index in [2.05, 4.69) is 9.97 Å². The predicted molar refractivity (Wildman–Crippen MR) is 70.6 cm³/mol. The van der Waals surface area contributed by atoms with Crippen LogP contribution in [0.1, 0.15) is 5.56 Å². The van der Waals surface area contributed by atoms with Crippen LogP contribution in [0.25, 0.3) is 0 Å². The largest absolute Gasteiger partial charge is 0.398 e. The molecule has 0 saturated carbocycles. The summed E-state index contributed by atoms with van der Waals surface area (Å²) >= 11 is 1.36. The Morgan fingerprint density at radius 3 is 2.29 bits per heavy atom. The van der Waals surface area contributed by atoms with Crippen molar-refractivity contribution in [2.45, 2.75) is 17.0 Å². The Kier molecular flexibility index (Phi) is 3.06. The first kappa shape index (κ1) is 11.5. The summed E-state index contributed by atoms with van der Waals surface area (Å²) in [5.41, 5.74) is 18.9. The van der Waals surface area contributed by atoms with Crippen molar-refractivity contribution in [3.63, 3.8) is 0 Å². The van der Waals surface area contributed by atoms with Crippen LogP contribution in [0, 0.1) is 6.92 Å². The molecule has 0 aliphatic heterocycles. The van der Waals surface area contributed by atoms with Gasteiger partial charge < -0.3 is 17.2 Å². The fraction of sp³-hybridized carbons (Fsp3) is 0.0909. The first-order chi connectivity index (χ1) is 8.06. The lowest BCUT2D eigenvalue weighted by Gasteiger charge is -2.08. The maximum Gasteiger partial charge on any atom is 0.196 e. The molecule has 1 heterocycles. The fourth-order valence-corrected chi connectivity index (χ4v) is 2.31. The molecule has 0 saturated heterocycles. The highest BCUT2D eigenvalue weighted by Gasteiger charge is 2.08. The molecule has 88 valence electrons. The monoisotopic (exact) mass is 247 g/mol. The van der Waals surface area contributed by atoms with Crippen LogP contribution in [0.3, 0.4) is 0 Å². The normalized spacial score (nSPS) is 10.4. The smallest absolute Gasteiger partial charge is 0.196 e. The first-order valence-corrected chi connectivity index (χ1v) is 5.81. The average Bonchev–Trinajstić information content (AvgIpc) is 2.22. The van der Waals surface area contributed by atoms with Crippen LogP contribution >= 0.6 is 11.8 Å². The summed E-state index contributed by atoms with van der Waals surface area (Å²) < 4.78 is 0. The third-order valence-electron chi connectivity index (χ3n) is 2.18. The number of hydrogen-bond acceptors (Lipinski definition) is 6. The Bertz CT molecular complexity index is 515. The molecule has 0 aliphatic rings. The SMILES string of the molecule is Cc1cccc(N)c1Sc1nc(N)cc(N)n1. The van der Waals surface area contributed by atoms with Gasteiger partial charge in [-0.05, 0) is 30.3 Å². The molecule has 0 amide bonds. The van der Waals surface area contributed by atoms with E-state index >= 15 is 0 Å². The van der Waals surface area contributed by atoms with Crippen LogP contribution < -0.4 is 17.2 Å². The van der Waals surface area contributed by atoms with Gasteiger partial charge in [0, 0.05) is 16.6 Å². The van der Waals surface area contributed by atoms with Crippen LogP contribution in [0.5, 0.6) is 0 Å². The molecular formula is C11H13N5S. The highest BCUT2D eigenvalue weighted by atomic mass is 32.2. The van der Waals surface area contributed by atoms with Gasteiger partial charge in [0.25, 0.3) is 0 Å². The van der Waals surface area contributed by atoms with Gasteiger partial charge in [0.2, 0.25) is 0 Å². The molecule has 2 rings (SSSR count). The first-order valence-electron chi connectivity index (χ1n) is 4.99. The number of anilines is 3. The average molecular weight is 247 g/mol. The summed E-state index contributed by atoms with van der Waals surface area (Å²) in [6, 6.07) is 7.24. The van der Waals surface area contributed by atoms with Crippen molar-refractivity contribution in [2.75, 3.05) is 17.2 Å².